The molecule has 0 spiro atoms. The van der Waals surface area contributed by atoms with Gasteiger partial charge in [0.2, 0.25) is 0 Å². The van der Waals surface area contributed by atoms with Crippen molar-refractivity contribution in [1.82, 2.24) is 24.0 Å². The number of carbonyl (C=O) groups is 1. The van der Waals surface area contributed by atoms with Crippen LogP contribution in [0, 0.1) is 12.7 Å². The van der Waals surface area contributed by atoms with Crippen molar-refractivity contribution in [2.45, 2.75) is 65.0 Å². The Bertz CT molecular complexity index is 1670. The molecule has 1 saturated heterocycles. The van der Waals surface area contributed by atoms with Crippen LogP contribution in [0.15, 0.2) is 61.2 Å². The topological polar surface area (TPSA) is 94.6 Å². The first-order valence-corrected chi connectivity index (χ1v) is 14.7. The number of halogens is 1. The molecule has 43 heavy (non-hydrogen) atoms. The Kier molecular flexibility index (Phi) is 7.79. The molecule has 1 atom stereocenters. The molecule has 2 aliphatic rings. The van der Waals surface area contributed by atoms with Gasteiger partial charge >= 0.3 is 5.97 Å². The highest BCUT2D eigenvalue weighted by molar-refractivity contribution is 5.84. The summed E-state index contributed by atoms with van der Waals surface area (Å²) in [7, 11) is 0. The van der Waals surface area contributed by atoms with E-state index in [1.165, 1.54) is 6.07 Å². The number of rotatable bonds is 9. The standard InChI is InChI=1S/C33H36FN5O4/c1-4-38-21-35-17-25(38)19-39-24(9-11-31(40)41)18-36-30(39)20-37-14-12-23(13-15-37)26-6-5-7-29-32(26)43-33(3,42-29)27-10-8-22(2)16-28(27)34/h5-11,16-18,21,23H,4,12-15,19-20H2,1-3H3,(H,40,41)/b11-9+/t33-/m1/s1. The number of aromatic nitrogens is 4. The number of nitrogens with zero attached hydrogens (tertiary/aromatic N) is 5. The Balaban J connectivity index is 1.17. The Morgan fingerprint density at radius 2 is 1.98 bits per heavy atom. The molecule has 2 aromatic heterocycles. The Morgan fingerprint density at radius 1 is 1.16 bits per heavy atom. The van der Waals surface area contributed by atoms with Crippen molar-refractivity contribution in [3.8, 4) is 11.5 Å². The first-order chi connectivity index (χ1) is 20.7. The van der Waals surface area contributed by atoms with Crippen LogP contribution >= 0.6 is 0 Å². The van der Waals surface area contributed by atoms with Crippen molar-refractivity contribution in [1.29, 1.82) is 0 Å². The van der Waals surface area contributed by atoms with Gasteiger partial charge in [0, 0.05) is 31.3 Å². The van der Waals surface area contributed by atoms with Crippen LogP contribution in [0.4, 0.5) is 4.39 Å². The fourth-order valence-electron chi connectivity index (χ4n) is 6.12. The molecule has 0 bridgehead atoms. The summed E-state index contributed by atoms with van der Waals surface area (Å²) in [6.07, 6.45) is 9.94. The van der Waals surface area contributed by atoms with E-state index < -0.39 is 11.8 Å². The Labute approximate surface area is 250 Å². The van der Waals surface area contributed by atoms with Gasteiger partial charge in [-0.25, -0.2) is 19.2 Å². The minimum absolute atomic E-state index is 0.271. The third-order valence-corrected chi connectivity index (χ3v) is 8.44. The quantitative estimate of drug-likeness (QED) is 0.251. The van der Waals surface area contributed by atoms with Crippen molar-refractivity contribution < 1.29 is 23.8 Å². The second-order valence-corrected chi connectivity index (χ2v) is 11.4. The van der Waals surface area contributed by atoms with Crippen molar-refractivity contribution in [3.63, 3.8) is 0 Å². The number of carboxylic acids is 1. The highest BCUT2D eigenvalue weighted by Crippen LogP contribution is 2.49. The summed E-state index contributed by atoms with van der Waals surface area (Å²) in [5, 5.41) is 9.19. The zero-order chi connectivity index (χ0) is 30.1. The predicted octanol–water partition coefficient (Wildman–Crippen LogP) is 5.72. The number of imidazole rings is 2. The Morgan fingerprint density at radius 3 is 2.72 bits per heavy atom. The van der Waals surface area contributed by atoms with Crippen LogP contribution in [-0.4, -0.2) is 48.2 Å². The number of carboxylic acid groups (broad SMARTS) is 1. The summed E-state index contributed by atoms with van der Waals surface area (Å²) in [5.74, 6) is -0.0915. The molecule has 2 aromatic carbocycles. The van der Waals surface area contributed by atoms with E-state index in [1.807, 2.05) is 31.3 Å². The summed E-state index contributed by atoms with van der Waals surface area (Å²) in [6, 6.07) is 11.0. The van der Waals surface area contributed by atoms with Crippen molar-refractivity contribution in [3.05, 3.63) is 101 Å². The minimum atomic E-state index is -1.23. The van der Waals surface area contributed by atoms with E-state index >= 15 is 0 Å². The molecule has 224 valence electrons. The fourth-order valence-corrected chi connectivity index (χ4v) is 6.12. The van der Waals surface area contributed by atoms with Gasteiger partial charge in [-0.05, 0) is 75.5 Å². The van der Waals surface area contributed by atoms with Gasteiger partial charge in [-0.15, -0.1) is 0 Å². The van der Waals surface area contributed by atoms with Crippen molar-refractivity contribution in [2.75, 3.05) is 13.1 Å². The largest absolute Gasteiger partial charge is 0.478 e. The Hall–Kier alpha value is -4.44. The van der Waals surface area contributed by atoms with Crippen LogP contribution in [0.1, 0.15) is 66.5 Å². The lowest BCUT2D eigenvalue weighted by Crippen LogP contribution is -2.34. The molecular formula is C33H36FN5O4. The predicted molar refractivity (Wildman–Crippen MR) is 159 cm³/mol. The smallest absolute Gasteiger partial charge is 0.328 e. The summed E-state index contributed by atoms with van der Waals surface area (Å²) < 4.78 is 31.6. The SMILES string of the molecule is CCn1cncc1Cn1c(/C=C/C(=O)O)cnc1CN1CCC(c2cccc3c2O[C@](C)(c2ccc(C)cc2F)O3)CC1. The molecule has 0 radical (unpaired) electrons. The van der Waals surface area contributed by atoms with E-state index in [1.54, 1.807) is 31.6 Å². The number of hydrogen-bond donors (Lipinski definition) is 1. The number of fused-ring (bicyclic) bond motifs is 1. The molecule has 0 saturated carbocycles. The second kappa shape index (κ2) is 11.7. The van der Waals surface area contributed by atoms with Crippen LogP contribution in [0.25, 0.3) is 6.08 Å². The van der Waals surface area contributed by atoms with E-state index in [0.29, 0.717) is 30.2 Å². The molecule has 4 aromatic rings. The highest BCUT2D eigenvalue weighted by atomic mass is 19.1. The molecule has 0 aliphatic carbocycles. The first kappa shape index (κ1) is 28.7. The van der Waals surface area contributed by atoms with Gasteiger partial charge in [-0.3, -0.25) is 4.90 Å². The van der Waals surface area contributed by atoms with E-state index in [-0.39, 0.29) is 11.7 Å². The van der Waals surface area contributed by atoms with Gasteiger partial charge in [0.25, 0.3) is 5.79 Å². The van der Waals surface area contributed by atoms with Crippen LogP contribution < -0.4 is 9.47 Å². The maximum atomic E-state index is 14.9. The van der Waals surface area contributed by atoms with Gasteiger partial charge < -0.3 is 23.7 Å². The number of piperidine rings is 1. The zero-order valence-electron chi connectivity index (χ0n) is 24.7. The van der Waals surface area contributed by atoms with Crippen LogP contribution in [0.5, 0.6) is 11.5 Å². The summed E-state index contributed by atoms with van der Waals surface area (Å²) in [6.45, 7) is 9.40. The minimum Gasteiger partial charge on any atom is -0.478 e. The van der Waals surface area contributed by atoms with Gasteiger partial charge in [-0.1, -0.05) is 18.2 Å². The van der Waals surface area contributed by atoms with Crippen LogP contribution in [-0.2, 0) is 30.2 Å². The summed E-state index contributed by atoms with van der Waals surface area (Å²) >= 11 is 0. The number of benzene rings is 2. The lowest BCUT2D eigenvalue weighted by atomic mass is 9.88. The van der Waals surface area contributed by atoms with E-state index in [2.05, 4.69) is 37.0 Å². The molecule has 0 amide bonds. The third-order valence-electron chi connectivity index (χ3n) is 8.44. The van der Waals surface area contributed by atoms with Crippen LogP contribution in [0.3, 0.4) is 0 Å². The normalized spacial score (nSPS) is 19.0. The second-order valence-electron chi connectivity index (χ2n) is 11.4. The molecule has 1 fully saturated rings. The number of hydrogen-bond acceptors (Lipinski definition) is 6. The fraction of sp³-hybridized carbons (Fsp3) is 0.364. The summed E-state index contributed by atoms with van der Waals surface area (Å²) in [4.78, 5) is 22.6. The molecule has 4 heterocycles. The van der Waals surface area contributed by atoms with E-state index in [0.717, 1.165) is 66.9 Å². The molecule has 0 unspecified atom stereocenters. The van der Waals surface area contributed by atoms with Crippen molar-refractivity contribution >= 4 is 12.0 Å². The maximum Gasteiger partial charge on any atom is 0.328 e. The zero-order valence-corrected chi connectivity index (χ0v) is 24.7. The van der Waals surface area contributed by atoms with Gasteiger partial charge in [-0.2, -0.15) is 0 Å². The molecule has 9 nitrogen and oxygen atoms in total. The average molecular weight is 586 g/mol. The number of ether oxygens (including phenoxy) is 2. The summed E-state index contributed by atoms with van der Waals surface area (Å²) in [5.41, 5.74) is 4.08. The lowest BCUT2D eigenvalue weighted by molar-refractivity contribution is -0.131. The average Bonchev–Trinajstić information content (AvgIpc) is 3.69. The maximum absolute atomic E-state index is 14.9. The van der Waals surface area contributed by atoms with E-state index in [9.17, 15) is 14.3 Å². The van der Waals surface area contributed by atoms with E-state index in [4.69, 9.17) is 9.47 Å². The number of aliphatic carboxylic acids is 1. The van der Waals surface area contributed by atoms with Crippen LogP contribution in [0.2, 0.25) is 0 Å². The lowest BCUT2D eigenvalue weighted by Gasteiger charge is -2.32. The molecule has 2 aliphatic heterocycles. The third kappa shape index (κ3) is 5.79. The molecule has 1 N–H and O–H groups in total. The number of aryl methyl sites for hydroxylation is 2. The van der Waals surface area contributed by atoms with Crippen molar-refractivity contribution in [2.24, 2.45) is 0 Å². The van der Waals surface area contributed by atoms with Gasteiger partial charge in [0.15, 0.2) is 11.5 Å². The first-order valence-electron chi connectivity index (χ1n) is 14.7. The highest BCUT2D eigenvalue weighted by Gasteiger charge is 2.42. The number of para-hydroxylation sites is 1. The monoisotopic (exact) mass is 585 g/mol. The number of likely N-dealkylation sites (tertiary alicyclic amines) is 1. The van der Waals surface area contributed by atoms with Gasteiger partial charge in [0.05, 0.1) is 42.6 Å². The molecule has 6 rings (SSSR count). The molecular weight excluding hydrogens is 549 g/mol. The molecule has 10 heteroatoms. The van der Waals surface area contributed by atoms with Gasteiger partial charge in [0.1, 0.15) is 11.6 Å².